The highest BCUT2D eigenvalue weighted by Crippen LogP contribution is 2.21. The molecule has 4 rings (SSSR count). The van der Waals surface area contributed by atoms with Crippen LogP contribution in [-0.4, -0.2) is 54.9 Å². The smallest absolute Gasteiger partial charge is 0.257 e. The van der Waals surface area contributed by atoms with Gasteiger partial charge in [-0.2, -0.15) is 4.98 Å². The molecular formula is C15H17N7O2. The van der Waals surface area contributed by atoms with E-state index >= 15 is 0 Å². The number of hydrogen-bond acceptors (Lipinski definition) is 8. The van der Waals surface area contributed by atoms with Crippen LogP contribution in [0.1, 0.15) is 17.8 Å². The Kier molecular flexibility index (Phi) is 4.01. The molecule has 9 heteroatoms. The van der Waals surface area contributed by atoms with Crippen molar-refractivity contribution < 1.29 is 9.26 Å². The summed E-state index contributed by atoms with van der Waals surface area (Å²) in [5.41, 5.74) is 0.918. The van der Waals surface area contributed by atoms with Crippen molar-refractivity contribution in [2.45, 2.75) is 12.6 Å². The third-order valence-electron chi connectivity index (χ3n) is 3.95. The number of ether oxygens (including phenoxy) is 1. The number of aromatic nitrogens is 6. The zero-order chi connectivity index (χ0) is 16.4. The third kappa shape index (κ3) is 3.03. The first-order valence-corrected chi connectivity index (χ1v) is 7.74. The maximum absolute atomic E-state index is 5.78. The monoisotopic (exact) mass is 327 g/mol. The van der Waals surface area contributed by atoms with Crippen LogP contribution >= 0.6 is 0 Å². The zero-order valence-corrected chi connectivity index (χ0v) is 13.2. The number of rotatable bonds is 4. The normalized spacial score (nSPS) is 18.8. The summed E-state index contributed by atoms with van der Waals surface area (Å²) in [5.74, 6) is 1.91. The van der Waals surface area contributed by atoms with Crippen LogP contribution in [0.15, 0.2) is 34.9 Å². The van der Waals surface area contributed by atoms with Gasteiger partial charge in [-0.1, -0.05) is 23.4 Å². The first-order valence-electron chi connectivity index (χ1n) is 7.74. The van der Waals surface area contributed by atoms with Crippen LogP contribution in [-0.2, 0) is 18.3 Å². The SMILES string of the molecule is Cn1nnnc1C1CN(Cc2noc(-c3ccccc3)n2)CCO1. The molecule has 1 aliphatic rings. The molecule has 1 aromatic carbocycles. The molecule has 1 atom stereocenters. The molecular weight excluding hydrogens is 310 g/mol. The molecule has 2 aromatic heterocycles. The molecule has 0 radical (unpaired) electrons. The average Bonchev–Trinajstić information content (AvgIpc) is 3.25. The van der Waals surface area contributed by atoms with Gasteiger partial charge in [-0.25, -0.2) is 4.68 Å². The van der Waals surface area contributed by atoms with E-state index in [4.69, 9.17) is 9.26 Å². The average molecular weight is 327 g/mol. The lowest BCUT2D eigenvalue weighted by Gasteiger charge is -2.30. The predicted octanol–water partition coefficient (Wildman–Crippen LogP) is 0.834. The van der Waals surface area contributed by atoms with Crippen molar-refractivity contribution in [3.8, 4) is 11.5 Å². The van der Waals surface area contributed by atoms with E-state index in [0.717, 1.165) is 17.9 Å². The summed E-state index contributed by atoms with van der Waals surface area (Å²) in [7, 11) is 1.81. The Bertz CT molecular complexity index is 801. The number of morpholine rings is 1. The largest absolute Gasteiger partial charge is 0.367 e. The van der Waals surface area contributed by atoms with Gasteiger partial charge in [0, 0.05) is 25.7 Å². The Morgan fingerprint density at radius 3 is 2.92 bits per heavy atom. The van der Waals surface area contributed by atoms with Gasteiger partial charge in [0.15, 0.2) is 11.6 Å². The highest BCUT2D eigenvalue weighted by molar-refractivity contribution is 5.51. The molecule has 0 bridgehead atoms. The van der Waals surface area contributed by atoms with E-state index in [1.807, 2.05) is 37.4 Å². The molecule has 1 saturated heterocycles. The summed E-state index contributed by atoms with van der Waals surface area (Å²) < 4.78 is 12.8. The first-order chi connectivity index (χ1) is 11.8. The first kappa shape index (κ1) is 14.9. The molecule has 0 spiro atoms. The Balaban J connectivity index is 1.44. The lowest BCUT2D eigenvalue weighted by molar-refractivity contribution is -0.0397. The number of nitrogens with zero attached hydrogens (tertiary/aromatic N) is 7. The van der Waals surface area contributed by atoms with Crippen LogP contribution in [0.25, 0.3) is 11.5 Å². The van der Waals surface area contributed by atoms with Gasteiger partial charge in [0.05, 0.1) is 13.2 Å². The molecule has 1 aliphatic heterocycles. The van der Waals surface area contributed by atoms with Crippen molar-refractivity contribution in [1.82, 2.24) is 35.2 Å². The van der Waals surface area contributed by atoms with E-state index in [0.29, 0.717) is 31.4 Å². The van der Waals surface area contributed by atoms with Crippen molar-refractivity contribution in [3.05, 3.63) is 42.0 Å². The van der Waals surface area contributed by atoms with Crippen molar-refractivity contribution in [3.63, 3.8) is 0 Å². The second kappa shape index (κ2) is 6.46. The minimum Gasteiger partial charge on any atom is -0.367 e. The van der Waals surface area contributed by atoms with Crippen molar-refractivity contribution >= 4 is 0 Å². The molecule has 24 heavy (non-hydrogen) atoms. The lowest BCUT2D eigenvalue weighted by atomic mass is 10.2. The van der Waals surface area contributed by atoms with Crippen LogP contribution in [0.5, 0.6) is 0 Å². The van der Waals surface area contributed by atoms with E-state index < -0.39 is 0 Å². The highest BCUT2D eigenvalue weighted by atomic mass is 16.5. The Morgan fingerprint density at radius 1 is 1.25 bits per heavy atom. The predicted molar refractivity (Wildman–Crippen MR) is 82.5 cm³/mol. The summed E-state index contributed by atoms with van der Waals surface area (Å²) in [5, 5.41) is 15.6. The Hall–Kier alpha value is -2.65. The fraction of sp³-hybridized carbons (Fsp3) is 0.400. The molecule has 0 aliphatic carbocycles. The molecule has 0 N–H and O–H groups in total. The van der Waals surface area contributed by atoms with Crippen LogP contribution in [0.2, 0.25) is 0 Å². The second-order valence-electron chi connectivity index (χ2n) is 5.64. The van der Waals surface area contributed by atoms with Crippen LogP contribution in [0, 0.1) is 0 Å². The van der Waals surface area contributed by atoms with E-state index in [2.05, 4.69) is 30.6 Å². The van der Waals surface area contributed by atoms with E-state index in [-0.39, 0.29) is 6.10 Å². The van der Waals surface area contributed by atoms with Gasteiger partial charge in [0.2, 0.25) is 0 Å². The maximum atomic E-state index is 5.78. The molecule has 1 unspecified atom stereocenters. The molecule has 3 aromatic rings. The van der Waals surface area contributed by atoms with Gasteiger partial charge in [0.1, 0.15) is 6.10 Å². The second-order valence-corrected chi connectivity index (χ2v) is 5.64. The highest BCUT2D eigenvalue weighted by Gasteiger charge is 2.27. The minimum atomic E-state index is -0.153. The molecule has 3 heterocycles. The van der Waals surface area contributed by atoms with Gasteiger partial charge in [-0.05, 0) is 22.6 Å². The third-order valence-corrected chi connectivity index (χ3v) is 3.95. The van der Waals surface area contributed by atoms with Gasteiger partial charge >= 0.3 is 0 Å². The molecule has 0 saturated carbocycles. The summed E-state index contributed by atoms with van der Waals surface area (Å²) >= 11 is 0. The van der Waals surface area contributed by atoms with E-state index in [9.17, 15) is 0 Å². The molecule has 124 valence electrons. The van der Waals surface area contributed by atoms with Gasteiger partial charge < -0.3 is 9.26 Å². The zero-order valence-electron chi connectivity index (χ0n) is 13.2. The summed E-state index contributed by atoms with van der Waals surface area (Å²) in [6, 6.07) is 9.74. The van der Waals surface area contributed by atoms with E-state index in [1.165, 1.54) is 0 Å². The van der Waals surface area contributed by atoms with Crippen LogP contribution < -0.4 is 0 Å². The summed E-state index contributed by atoms with van der Waals surface area (Å²) in [4.78, 5) is 6.68. The van der Waals surface area contributed by atoms with Gasteiger partial charge in [-0.15, -0.1) is 5.10 Å². The van der Waals surface area contributed by atoms with Gasteiger partial charge in [0.25, 0.3) is 5.89 Å². The van der Waals surface area contributed by atoms with Crippen LogP contribution in [0.4, 0.5) is 0 Å². The number of tetrazole rings is 1. The molecule has 1 fully saturated rings. The number of hydrogen-bond donors (Lipinski definition) is 0. The number of benzene rings is 1. The standard InChI is InChI=1S/C15H17N7O2/c1-21-14(17-19-20-21)12-9-22(7-8-23-12)10-13-16-15(24-18-13)11-5-3-2-4-6-11/h2-6,12H,7-10H2,1H3. The Labute approximate surface area is 138 Å². The van der Waals surface area contributed by atoms with Gasteiger partial charge in [-0.3, -0.25) is 4.90 Å². The fourth-order valence-corrected chi connectivity index (χ4v) is 2.73. The van der Waals surface area contributed by atoms with Crippen molar-refractivity contribution in [2.24, 2.45) is 7.05 Å². The number of aryl methyl sites for hydroxylation is 1. The lowest BCUT2D eigenvalue weighted by Crippen LogP contribution is -2.38. The minimum absolute atomic E-state index is 0.153. The fourth-order valence-electron chi connectivity index (χ4n) is 2.73. The van der Waals surface area contributed by atoms with E-state index in [1.54, 1.807) is 4.68 Å². The summed E-state index contributed by atoms with van der Waals surface area (Å²) in [6.07, 6.45) is -0.153. The quantitative estimate of drug-likeness (QED) is 0.695. The molecule has 0 amide bonds. The topological polar surface area (TPSA) is 95.0 Å². The Morgan fingerprint density at radius 2 is 2.12 bits per heavy atom. The molecule has 9 nitrogen and oxygen atoms in total. The van der Waals surface area contributed by atoms with Crippen molar-refractivity contribution in [1.29, 1.82) is 0 Å². The summed E-state index contributed by atoms with van der Waals surface area (Å²) in [6.45, 7) is 2.70. The van der Waals surface area contributed by atoms with Crippen LogP contribution in [0.3, 0.4) is 0 Å². The maximum Gasteiger partial charge on any atom is 0.257 e. The van der Waals surface area contributed by atoms with Crippen molar-refractivity contribution in [2.75, 3.05) is 19.7 Å².